The summed E-state index contributed by atoms with van der Waals surface area (Å²) in [4.78, 5) is 26.7. The fourth-order valence-corrected chi connectivity index (χ4v) is 3.77. The summed E-state index contributed by atoms with van der Waals surface area (Å²) in [6.45, 7) is 5.02. The molecule has 1 aliphatic heterocycles. The Morgan fingerprint density at radius 1 is 1.25 bits per heavy atom. The van der Waals surface area contributed by atoms with Gasteiger partial charge >= 0.3 is 0 Å². The minimum atomic E-state index is -0.0602. The van der Waals surface area contributed by atoms with Gasteiger partial charge in [-0.3, -0.25) is 14.5 Å². The number of likely N-dealkylation sites (tertiary alicyclic amines) is 1. The number of hydrogen-bond acceptors (Lipinski definition) is 4. The lowest BCUT2D eigenvalue weighted by Crippen LogP contribution is -2.47. The molecule has 2 heterocycles. The minimum absolute atomic E-state index is 0.00313. The average molecular weight is 383 g/mol. The summed E-state index contributed by atoms with van der Waals surface area (Å²) in [6.07, 6.45) is 2.37. The number of ether oxygens (including phenoxy) is 1. The summed E-state index contributed by atoms with van der Waals surface area (Å²) in [7, 11) is 1.68. The Labute approximate surface area is 166 Å². The molecule has 6 heteroatoms. The SMILES string of the molecule is COc1cccc(CN2CCCC(NC(=O)CCn3c(C)cccc3=O)C2)c1. The normalized spacial score (nSPS) is 17.3. The average Bonchev–Trinajstić information content (AvgIpc) is 2.68. The van der Waals surface area contributed by atoms with E-state index in [1.54, 1.807) is 17.7 Å². The Balaban J connectivity index is 1.50. The van der Waals surface area contributed by atoms with Gasteiger partial charge in [0.1, 0.15) is 5.75 Å². The number of aromatic nitrogens is 1. The number of rotatable bonds is 7. The molecule has 6 nitrogen and oxygen atoms in total. The van der Waals surface area contributed by atoms with E-state index >= 15 is 0 Å². The van der Waals surface area contributed by atoms with E-state index in [9.17, 15) is 9.59 Å². The van der Waals surface area contributed by atoms with Crippen LogP contribution in [0.4, 0.5) is 0 Å². The molecule has 0 radical (unpaired) electrons. The Kier molecular flexibility index (Phi) is 6.87. The first-order chi connectivity index (χ1) is 13.5. The van der Waals surface area contributed by atoms with Gasteiger partial charge in [0, 0.05) is 43.9 Å². The first-order valence-corrected chi connectivity index (χ1v) is 9.86. The maximum atomic E-state index is 12.4. The van der Waals surface area contributed by atoms with Gasteiger partial charge in [-0.15, -0.1) is 0 Å². The highest BCUT2D eigenvalue weighted by atomic mass is 16.5. The summed E-state index contributed by atoms with van der Waals surface area (Å²) < 4.78 is 6.95. The van der Waals surface area contributed by atoms with E-state index in [0.29, 0.717) is 13.0 Å². The molecule has 1 aromatic heterocycles. The molecule has 1 aliphatic rings. The van der Waals surface area contributed by atoms with Crippen molar-refractivity contribution in [3.63, 3.8) is 0 Å². The number of nitrogens with one attached hydrogen (secondary N) is 1. The summed E-state index contributed by atoms with van der Waals surface area (Å²) in [6, 6.07) is 13.4. The Morgan fingerprint density at radius 3 is 2.86 bits per heavy atom. The Morgan fingerprint density at radius 2 is 2.07 bits per heavy atom. The number of carbonyl (C=O) groups is 1. The van der Waals surface area contributed by atoms with Crippen LogP contribution in [-0.2, 0) is 17.9 Å². The van der Waals surface area contributed by atoms with Crippen LogP contribution in [0.1, 0.15) is 30.5 Å². The van der Waals surface area contributed by atoms with Crippen LogP contribution in [-0.4, -0.2) is 41.6 Å². The fourth-order valence-electron chi connectivity index (χ4n) is 3.77. The Bertz CT molecular complexity index is 862. The van der Waals surface area contributed by atoms with Gasteiger partial charge in [-0.1, -0.05) is 18.2 Å². The van der Waals surface area contributed by atoms with Gasteiger partial charge in [0.2, 0.25) is 5.91 Å². The van der Waals surface area contributed by atoms with E-state index in [-0.39, 0.29) is 17.5 Å². The number of carbonyl (C=O) groups excluding carboxylic acids is 1. The van der Waals surface area contributed by atoms with Crippen LogP contribution in [0.25, 0.3) is 0 Å². The molecule has 1 saturated heterocycles. The second-order valence-electron chi connectivity index (χ2n) is 7.40. The zero-order valence-electron chi connectivity index (χ0n) is 16.7. The lowest BCUT2D eigenvalue weighted by Gasteiger charge is -2.33. The van der Waals surface area contributed by atoms with E-state index in [4.69, 9.17) is 4.74 Å². The number of benzene rings is 1. The number of methoxy groups -OCH3 is 1. The van der Waals surface area contributed by atoms with Gasteiger partial charge < -0.3 is 14.6 Å². The van der Waals surface area contributed by atoms with Gasteiger partial charge in [-0.05, 0) is 50.1 Å². The van der Waals surface area contributed by atoms with Crippen molar-refractivity contribution in [2.45, 2.75) is 45.3 Å². The van der Waals surface area contributed by atoms with E-state index in [2.05, 4.69) is 22.3 Å². The molecule has 28 heavy (non-hydrogen) atoms. The predicted octanol–water partition coefficient (Wildman–Crippen LogP) is 2.34. The molecule has 1 fully saturated rings. The summed E-state index contributed by atoms with van der Waals surface area (Å²) in [5.74, 6) is 0.870. The molecule has 1 atom stereocenters. The molecule has 0 bridgehead atoms. The first-order valence-electron chi connectivity index (χ1n) is 9.86. The van der Waals surface area contributed by atoms with Gasteiger partial charge in [0.15, 0.2) is 0 Å². The summed E-state index contributed by atoms with van der Waals surface area (Å²) in [5, 5.41) is 3.15. The van der Waals surface area contributed by atoms with Crippen LogP contribution < -0.4 is 15.6 Å². The Hall–Kier alpha value is -2.60. The van der Waals surface area contributed by atoms with Crippen molar-refractivity contribution < 1.29 is 9.53 Å². The summed E-state index contributed by atoms with van der Waals surface area (Å²) >= 11 is 0. The van der Waals surface area contributed by atoms with Crippen molar-refractivity contribution >= 4 is 5.91 Å². The minimum Gasteiger partial charge on any atom is -0.497 e. The maximum absolute atomic E-state index is 12.4. The van der Waals surface area contributed by atoms with E-state index < -0.39 is 0 Å². The molecular formula is C22H29N3O3. The highest BCUT2D eigenvalue weighted by molar-refractivity contribution is 5.76. The highest BCUT2D eigenvalue weighted by Gasteiger charge is 2.21. The van der Waals surface area contributed by atoms with Gasteiger partial charge in [0.05, 0.1) is 7.11 Å². The number of aryl methyl sites for hydroxylation is 1. The predicted molar refractivity (Wildman–Crippen MR) is 109 cm³/mol. The van der Waals surface area contributed by atoms with Crippen LogP contribution in [0.15, 0.2) is 47.3 Å². The van der Waals surface area contributed by atoms with Crippen molar-refractivity contribution in [2.24, 2.45) is 0 Å². The lowest BCUT2D eigenvalue weighted by molar-refractivity contribution is -0.122. The first kappa shape index (κ1) is 20.1. The smallest absolute Gasteiger partial charge is 0.250 e. The number of hydrogen-bond donors (Lipinski definition) is 1. The monoisotopic (exact) mass is 383 g/mol. The lowest BCUT2D eigenvalue weighted by atomic mass is 10.0. The van der Waals surface area contributed by atoms with E-state index in [0.717, 1.165) is 43.9 Å². The molecule has 0 saturated carbocycles. The second kappa shape index (κ2) is 9.55. The van der Waals surface area contributed by atoms with Gasteiger partial charge in [0.25, 0.3) is 5.56 Å². The van der Waals surface area contributed by atoms with E-state index in [1.807, 2.05) is 25.1 Å². The van der Waals surface area contributed by atoms with Crippen LogP contribution in [0.5, 0.6) is 5.75 Å². The van der Waals surface area contributed by atoms with Crippen LogP contribution >= 0.6 is 0 Å². The zero-order valence-corrected chi connectivity index (χ0v) is 16.7. The molecule has 1 unspecified atom stereocenters. The molecule has 0 spiro atoms. The summed E-state index contributed by atoms with van der Waals surface area (Å²) in [5.41, 5.74) is 2.03. The van der Waals surface area contributed by atoms with Crippen LogP contribution in [0, 0.1) is 6.92 Å². The third-order valence-corrected chi connectivity index (χ3v) is 5.24. The van der Waals surface area contributed by atoms with Crippen molar-refractivity contribution in [1.82, 2.24) is 14.8 Å². The third-order valence-electron chi connectivity index (χ3n) is 5.24. The van der Waals surface area contributed by atoms with Crippen LogP contribution in [0.2, 0.25) is 0 Å². The van der Waals surface area contributed by atoms with Gasteiger partial charge in [-0.25, -0.2) is 0 Å². The quantitative estimate of drug-likeness (QED) is 0.797. The highest BCUT2D eigenvalue weighted by Crippen LogP contribution is 2.17. The second-order valence-corrected chi connectivity index (χ2v) is 7.40. The largest absolute Gasteiger partial charge is 0.497 e. The van der Waals surface area contributed by atoms with E-state index in [1.165, 1.54) is 11.6 Å². The standard InChI is InChI=1S/C22H29N3O3/c1-17-6-3-10-22(27)25(17)13-11-21(26)23-19-8-5-12-24(16-19)15-18-7-4-9-20(14-18)28-2/h3-4,6-7,9-10,14,19H,5,8,11-13,15-16H2,1-2H3,(H,23,26). The topological polar surface area (TPSA) is 63.6 Å². The van der Waals surface area contributed by atoms with Crippen molar-refractivity contribution in [3.05, 3.63) is 64.1 Å². The maximum Gasteiger partial charge on any atom is 0.250 e. The number of nitrogens with zero attached hydrogens (tertiary/aromatic N) is 2. The van der Waals surface area contributed by atoms with Crippen molar-refractivity contribution in [1.29, 1.82) is 0 Å². The van der Waals surface area contributed by atoms with Crippen molar-refractivity contribution in [2.75, 3.05) is 20.2 Å². The molecule has 2 aromatic rings. The molecular weight excluding hydrogens is 354 g/mol. The zero-order chi connectivity index (χ0) is 19.9. The number of pyridine rings is 1. The van der Waals surface area contributed by atoms with Crippen molar-refractivity contribution in [3.8, 4) is 5.75 Å². The molecule has 0 aliphatic carbocycles. The molecule has 1 aromatic carbocycles. The fraction of sp³-hybridized carbons (Fsp3) is 0.455. The molecule has 150 valence electrons. The number of amides is 1. The molecule has 1 amide bonds. The number of piperidine rings is 1. The van der Waals surface area contributed by atoms with Crippen LogP contribution in [0.3, 0.4) is 0 Å². The third kappa shape index (κ3) is 5.45. The molecule has 3 rings (SSSR count). The van der Waals surface area contributed by atoms with Gasteiger partial charge in [-0.2, -0.15) is 0 Å². The molecule has 1 N–H and O–H groups in total.